The number of aryl methyl sites for hydroxylation is 1. The fraction of sp³-hybridized carbons (Fsp3) is 0.500. The quantitative estimate of drug-likeness (QED) is 0.789. The van der Waals surface area contributed by atoms with Gasteiger partial charge >= 0.3 is 0 Å². The molecule has 4 nitrogen and oxygen atoms in total. The minimum Gasteiger partial charge on any atom is -0.338 e. The van der Waals surface area contributed by atoms with E-state index in [1.807, 2.05) is 24.5 Å². The zero-order valence-electron chi connectivity index (χ0n) is 16.9. The smallest absolute Gasteiger partial charge is 0.222 e. The van der Waals surface area contributed by atoms with Crippen LogP contribution in [-0.4, -0.2) is 40.3 Å². The highest BCUT2D eigenvalue weighted by Gasteiger charge is 2.40. The van der Waals surface area contributed by atoms with Gasteiger partial charge in [0.25, 0.3) is 0 Å². The largest absolute Gasteiger partial charge is 0.338 e. The molecule has 2 fully saturated rings. The molecule has 0 unspecified atom stereocenters. The monoisotopic (exact) mass is 377 g/mol. The second kappa shape index (κ2) is 8.44. The van der Waals surface area contributed by atoms with E-state index in [-0.39, 0.29) is 0 Å². The molecule has 0 saturated carbocycles. The Morgan fingerprint density at radius 3 is 2.21 bits per heavy atom. The topological polar surface area (TPSA) is 36.4 Å². The highest BCUT2D eigenvalue weighted by molar-refractivity contribution is 5.77. The van der Waals surface area contributed by atoms with E-state index in [0.717, 1.165) is 45.6 Å². The number of nitrogens with zero attached hydrogens (tertiary/aromatic N) is 3. The van der Waals surface area contributed by atoms with Crippen LogP contribution in [0.25, 0.3) is 0 Å². The lowest BCUT2D eigenvalue weighted by molar-refractivity contribution is -0.140. The van der Waals surface area contributed by atoms with Gasteiger partial charge in [-0.1, -0.05) is 31.2 Å². The number of piperidine rings is 2. The first-order valence-corrected chi connectivity index (χ1v) is 10.6. The van der Waals surface area contributed by atoms with Crippen LogP contribution >= 0.6 is 0 Å². The summed E-state index contributed by atoms with van der Waals surface area (Å²) in [6.07, 6.45) is 8.86. The maximum Gasteiger partial charge on any atom is 0.222 e. The third-order valence-corrected chi connectivity index (χ3v) is 6.63. The van der Waals surface area contributed by atoms with E-state index in [9.17, 15) is 4.79 Å². The summed E-state index contributed by atoms with van der Waals surface area (Å²) in [6.45, 7) is 7.13. The first-order valence-electron chi connectivity index (χ1n) is 10.6. The normalized spacial score (nSPS) is 19.9. The predicted octanol–water partition coefficient (Wildman–Crippen LogP) is 4.05. The fourth-order valence-electron chi connectivity index (χ4n) is 4.69. The third-order valence-electron chi connectivity index (χ3n) is 6.63. The van der Waals surface area contributed by atoms with Crippen molar-refractivity contribution in [2.45, 2.75) is 52.1 Å². The summed E-state index contributed by atoms with van der Waals surface area (Å²) in [5.41, 5.74) is 4.30. The van der Waals surface area contributed by atoms with Crippen LogP contribution in [0.2, 0.25) is 0 Å². The molecule has 0 bridgehead atoms. The fourth-order valence-corrected chi connectivity index (χ4v) is 4.69. The molecular formula is C24H31N3O. The number of carbonyl (C=O) groups is 1. The van der Waals surface area contributed by atoms with Crippen molar-refractivity contribution in [3.05, 3.63) is 65.5 Å². The maximum atomic E-state index is 12.5. The Labute approximate surface area is 168 Å². The first-order chi connectivity index (χ1) is 13.7. The van der Waals surface area contributed by atoms with Crippen LogP contribution in [0, 0.1) is 5.41 Å². The van der Waals surface area contributed by atoms with Gasteiger partial charge in [0.15, 0.2) is 0 Å². The zero-order chi connectivity index (χ0) is 19.4. The SMILES string of the molecule is CCc1ccc(CN2CCC3(CCC(=O)N(Cc4ccncc4)C3)CC2)cc1. The van der Waals surface area contributed by atoms with Gasteiger partial charge in [-0.25, -0.2) is 0 Å². The van der Waals surface area contributed by atoms with Crippen LogP contribution in [0.3, 0.4) is 0 Å². The molecule has 1 aromatic heterocycles. The van der Waals surface area contributed by atoms with E-state index >= 15 is 0 Å². The summed E-state index contributed by atoms with van der Waals surface area (Å²) in [6, 6.07) is 13.1. The van der Waals surface area contributed by atoms with E-state index in [1.54, 1.807) is 0 Å². The molecule has 2 saturated heterocycles. The summed E-state index contributed by atoms with van der Waals surface area (Å²) in [7, 11) is 0. The molecule has 1 amide bonds. The second-order valence-corrected chi connectivity index (χ2v) is 8.55. The molecule has 0 radical (unpaired) electrons. The number of hydrogen-bond donors (Lipinski definition) is 0. The molecule has 1 aromatic carbocycles. The van der Waals surface area contributed by atoms with Crippen LogP contribution < -0.4 is 0 Å². The molecule has 4 heteroatoms. The molecule has 28 heavy (non-hydrogen) atoms. The van der Waals surface area contributed by atoms with Gasteiger partial charge in [0.1, 0.15) is 0 Å². The number of aromatic nitrogens is 1. The van der Waals surface area contributed by atoms with E-state index in [2.05, 4.69) is 46.0 Å². The molecule has 148 valence electrons. The van der Waals surface area contributed by atoms with E-state index in [0.29, 0.717) is 17.7 Å². The number of amides is 1. The Kier molecular flexibility index (Phi) is 5.77. The van der Waals surface area contributed by atoms with Gasteiger partial charge < -0.3 is 4.90 Å². The first kappa shape index (κ1) is 19.1. The summed E-state index contributed by atoms with van der Waals surface area (Å²) < 4.78 is 0. The number of benzene rings is 1. The van der Waals surface area contributed by atoms with Crippen LogP contribution in [0.1, 0.15) is 49.3 Å². The standard InChI is InChI=1S/C24H31N3O/c1-2-20-3-5-21(6-4-20)17-26-15-11-24(12-16-26)10-7-23(28)27(19-24)18-22-8-13-25-14-9-22/h3-6,8-9,13-14H,2,7,10-12,15-19H2,1H3. The van der Waals surface area contributed by atoms with Crippen molar-refractivity contribution in [1.82, 2.24) is 14.8 Å². The van der Waals surface area contributed by atoms with Gasteiger partial charge in [-0.15, -0.1) is 0 Å². The van der Waals surface area contributed by atoms with Gasteiger partial charge in [-0.05, 0) is 73.0 Å². The summed E-state index contributed by atoms with van der Waals surface area (Å²) in [4.78, 5) is 21.2. The van der Waals surface area contributed by atoms with Gasteiger partial charge in [0, 0.05) is 38.4 Å². The molecule has 2 aliphatic heterocycles. The molecule has 2 aromatic rings. The summed E-state index contributed by atoms with van der Waals surface area (Å²) in [5.74, 6) is 0.306. The Bertz CT molecular complexity index is 779. The number of hydrogen-bond acceptors (Lipinski definition) is 3. The maximum absolute atomic E-state index is 12.5. The highest BCUT2D eigenvalue weighted by Crippen LogP contribution is 2.40. The Hall–Kier alpha value is -2.20. The second-order valence-electron chi connectivity index (χ2n) is 8.55. The minimum atomic E-state index is 0.306. The Morgan fingerprint density at radius 2 is 1.54 bits per heavy atom. The zero-order valence-corrected chi connectivity index (χ0v) is 16.9. The van der Waals surface area contributed by atoms with Gasteiger partial charge in [0.2, 0.25) is 5.91 Å². The van der Waals surface area contributed by atoms with Crippen molar-refractivity contribution < 1.29 is 4.79 Å². The number of carbonyl (C=O) groups excluding carboxylic acids is 1. The van der Waals surface area contributed by atoms with Crippen LogP contribution in [0.5, 0.6) is 0 Å². The Morgan fingerprint density at radius 1 is 0.893 bits per heavy atom. The number of pyridine rings is 1. The van der Waals surface area contributed by atoms with Crippen molar-refractivity contribution in [1.29, 1.82) is 0 Å². The van der Waals surface area contributed by atoms with Crippen molar-refractivity contribution in [3.8, 4) is 0 Å². The van der Waals surface area contributed by atoms with Crippen LogP contribution in [-0.2, 0) is 24.3 Å². The van der Waals surface area contributed by atoms with Crippen molar-refractivity contribution in [3.63, 3.8) is 0 Å². The number of rotatable bonds is 5. The van der Waals surface area contributed by atoms with Gasteiger partial charge in [-0.3, -0.25) is 14.7 Å². The molecule has 0 N–H and O–H groups in total. The van der Waals surface area contributed by atoms with Crippen molar-refractivity contribution in [2.24, 2.45) is 5.41 Å². The average molecular weight is 378 g/mol. The molecule has 0 atom stereocenters. The summed E-state index contributed by atoms with van der Waals surface area (Å²) in [5, 5.41) is 0. The summed E-state index contributed by atoms with van der Waals surface area (Å²) >= 11 is 0. The average Bonchev–Trinajstić information content (AvgIpc) is 2.74. The van der Waals surface area contributed by atoms with E-state index in [1.165, 1.54) is 29.5 Å². The van der Waals surface area contributed by atoms with Crippen LogP contribution in [0.4, 0.5) is 0 Å². The molecule has 2 aliphatic rings. The van der Waals surface area contributed by atoms with Gasteiger partial charge in [-0.2, -0.15) is 0 Å². The lowest BCUT2D eigenvalue weighted by Gasteiger charge is -2.47. The van der Waals surface area contributed by atoms with Crippen molar-refractivity contribution >= 4 is 5.91 Å². The molecule has 4 rings (SSSR count). The lowest BCUT2D eigenvalue weighted by atomic mass is 9.72. The Balaban J connectivity index is 1.34. The van der Waals surface area contributed by atoms with Crippen molar-refractivity contribution in [2.75, 3.05) is 19.6 Å². The molecular weight excluding hydrogens is 346 g/mol. The molecule has 3 heterocycles. The predicted molar refractivity (Wildman–Crippen MR) is 112 cm³/mol. The highest BCUT2D eigenvalue weighted by atomic mass is 16.2. The lowest BCUT2D eigenvalue weighted by Crippen LogP contribution is -2.51. The molecule has 1 spiro atoms. The number of likely N-dealkylation sites (tertiary alicyclic amines) is 2. The van der Waals surface area contributed by atoms with Gasteiger partial charge in [0.05, 0.1) is 0 Å². The molecule has 0 aliphatic carbocycles. The minimum absolute atomic E-state index is 0.306. The van der Waals surface area contributed by atoms with E-state index < -0.39 is 0 Å². The third kappa shape index (κ3) is 4.44. The van der Waals surface area contributed by atoms with Crippen LogP contribution in [0.15, 0.2) is 48.8 Å². The van der Waals surface area contributed by atoms with E-state index in [4.69, 9.17) is 0 Å².